The minimum Gasteiger partial charge on any atom is -0.258 e. The van der Waals surface area contributed by atoms with Crippen molar-refractivity contribution < 1.29 is 27.4 Å². The summed E-state index contributed by atoms with van der Waals surface area (Å²) in [5, 5.41) is 22.2. The van der Waals surface area contributed by atoms with Crippen molar-refractivity contribution in [2.45, 2.75) is 19.3 Å². The van der Waals surface area contributed by atoms with Crippen LogP contribution in [0.2, 0.25) is 0 Å². The number of hydrogen-bond donors (Lipinski definition) is 0. The van der Waals surface area contributed by atoms with Crippen LogP contribution < -0.4 is 0 Å². The summed E-state index contributed by atoms with van der Waals surface area (Å²) in [5.74, 6) is -5.39. The minimum absolute atomic E-state index is 0.00235. The second kappa shape index (κ2) is 9.37. The fourth-order valence-corrected chi connectivity index (χ4v) is 3.81. The molecule has 0 aliphatic heterocycles. The summed E-state index contributed by atoms with van der Waals surface area (Å²) in [6, 6.07) is 12.7. The zero-order valence-electron chi connectivity index (χ0n) is 19.2. The van der Waals surface area contributed by atoms with Crippen molar-refractivity contribution in [2.75, 3.05) is 0 Å². The monoisotopic (exact) mass is 512 g/mol. The van der Waals surface area contributed by atoms with Crippen molar-refractivity contribution in [3.05, 3.63) is 116 Å². The Hall–Kier alpha value is -4.74. The molecule has 2 aromatic carbocycles. The molecule has 4 rings (SSSR count). The number of nitrogens with zero attached hydrogens (tertiary/aromatic N) is 4. The highest BCUT2D eigenvalue weighted by atomic mass is 19.1. The largest absolute Gasteiger partial charge is 0.340 e. The number of aromatic nitrogens is 2. The second-order valence-electron chi connectivity index (χ2n) is 8.47. The molecule has 188 valence electrons. The zero-order valence-corrected chi connectivity index (χ0v) is 19.2. The Morgan fingerprint density at radius 1 is 0.649 bits per heavy atom. The van der Waals surface area contributed by atoms with Crippen LogP contribution in [0.25, 0.3) is 22.5 Å². The van der Waals surface area contributed by atoms with Crippen LogP contribution in [-0.2, 0) is 5.41 Å². The molecular formula is C25H16F4N4O4. The number of hydrogen-bond acceptors (Lipinski definition) is 6. The van der Waals surface area contributed by atoms with Crippen LogP contribution in [0, 0.1) is 43.5 Å². The van der Waals surface area contributed by atoms with Crippen molar-refractivity contribution in [1.29, 1.82) is 0 Å². The molecule has 2 aromatic heterocycles. The van der Waals surface area contributed by atoms with Crippen molar-refractivity contribution in [3.8, 4) is 22.5 Å². The van der Waals surface area contributed by atoms with Gasteiger partial charge in [0.05, 0.1) is 32.6 Å². The molecule has 0 N–H and O–H groups in total. The van der Waals surface area contributed by atoms with E-state index in [1.807, 2.05) is 0 Å². The Labute approximate surface area is 206 Å². The molecule has 0 unspecified atom stereocenters. The van der Waals surface area contributed by atoms with E-state index in [2.05, 4.69) is 9.97 Å². The average molecular weight is 512 g/mol. The molecule has 4 aromatic rings. The Morgan fingerprint density at radius 3 is 1.38 bits per heavy atom. The van der Waals surface area contributed by atoms with Crippen molar-refractivity contribution in [1.82, 2.24) is 9.97 Å². The van der Waals surface area contributed by atoms with Crippen LogP contribution in [0.4, 0.5) is 28.9 Å². The first-order valence-electron chi connectivity index (χ1n) is 10.6. The Kier molecular flexibility index (Phi) is 6.42. The van der Waals surface area contributed by atoms with Gasteiger partial charge >= 0.3 is 11.4 Å². The van der Waals surface area contributed by atoms with Gasteiger partial charge in [-0.1, -0.05) is 12.1 Å². The van der Waals surface area contributed by atoms with Gasteiger partial charge in [0, 0.05) is 16.5 Å². The van der Waals surface area contributed by atoms with E-state index in [1.165, 1.54) is 24.3 Å². The van der Waals surface area contributed by atoms with Gasteiger partial charge in [0.15, 0.2) is 0 Å². The van der Waals surface area contributed by atoms with Crippen LogP contribution in [0.15, 0.2) is 60.7 Å². The zero-order chi connectivity index (χ0) is 27.1. The van der Waals surface area contributed by atoms with E-state index in [9.17, 15) is 37.8 Å². The number of pyridine rings is 2. The highest BCUT2D eigenvalue weighted by Crippen LogP contribution is 2.36. The molecule has 0 saturated heterocycles. The molecule has 0 aliphatic carbocycles. The standard InChI is InChI=1S/C25H16F4N4O4/c1-25(2,19-7-3-5-17(30-19)13-9-11-15(26)23(21(13)28)32(34)35)20-8-4-6-18(31-20)14-10-12-16(27)24(22(14)29)33(36)37/h3-12H,1-2H3. The molecule has 0 amide bonds. The van der Waals surface area contributed by atoms with Gasteiger partial charge < -0.3 is 0 Å². The van der Waals surface area contributed by atoms with Crippen LogP contribution in [0.5, 0.6) is 0 Å². The normalized spacial score (nSPS) is 11.4. The van der Waals surface area contributed by atoms with Gasteiger partial charge in [-0.3, -0.25) is 30.2 Å². The molecule has 0 radical (unpaired) electrons. The third kappa shape index (κ3) is 4.48. The number of rotatable bonds is 6. The Bertz CT molecular complexity index is 1460. The number of halogens is 4. The highest BCUT2D eigenvalue weighted by molar-refractivity contribution is 5.66. The Balaban J connectivity index is 1.79. The maximum Gasteiger partial charge on any atom is 0.340 e. The van der Waals surface area contributed by atoms with Crippen molar-refractivity contribution >= 4 is 11.4 Å². The SMILES string of the molecule is CC(C)(c1cccc(-c2ccc(F)c([N+](=O)[O-])c2F)n1)c1cccc(-c2ccc(F)c([N+](=O)[O-])c2F)n1. The van der Waals surface area contributed by atoms with Gasteiger partial charge in [-0.25, -0.2) is 0 Å². The van der Waals surface area contributed by atoms with E-state index in [0.29, 0.717) is 11.4 Å². The maximum atomic E-state index is 14.8. The summed E-state index contributed by atoms with van der Waals surface area (Å²) < 4.78 is 57.1. The molecule has 8 nitrogen and oxygen atoms in total. The van der Waals surface area contributed by atoms with Gasteiger partial charge in [0.25, 0.3) is 0 Å². The topological polar surface area (TPSA) is 112 Å². The molecule has 0 fully saturated rings. The van der Waals surface area contributed by atoms with E-state index in [4.69, 9.17) is 0 Å². The van der Waals surface area contributed by atoms with E-state index in [0.717, 1.165) is 24.3 Å². The predicted molar refractivity (Wildman–Crippen MR) is 125 cm³/mol. The fraction of sp³-hybridized carbons (Fsp3) is 0.120. The van der Waals surface area contributed by atoms with Gasteiger partial charge in [0.1, 0.15) is 0 Å². The molecular weight excluding hydrogens is 496 g/mol. The number of nitro groups is 2. The third-order valence-corrected chi connectivity index (χ3v) is 5.83. The Morgan fingerprint density at radius 2 is 1.03 bits per heavy atom. The van der Waals surface area contributed by atoms with Gasteiger partial charge in [-0.2, -0.15) is 17.6 Å². The molecule has 0 bridgehead atoms. The molecule has 0 spiro atoms. The number of benzene rings is 2. The average Bonchev–Trinajstić information content (AvgIpc) is 2.84. The number of nitro benzene ring substituents is 2. The molecule has 2 heterocycles. The van der Waals surface area contributed by atoms with Crippen LogP contribution >= 0.6 is 0 Å². The van der Waals surface area contributed by atoms with Crippen LogP contribution in [-0.4, -0.2) is 19.8 Å². The van der Waals surface area contributed by atoms with E-state index in [1.54, 1.807) is 26.0 Å². The maximum absolute atomic E-state index is 14.8. The van der Waals surface area contributed by atoms with Gasteiger partial charge in [-0.15, -0.1) is 0 Å². The summed E-state index contributed by atoms with van der Waals surface area (Å²) >= 11 is 0. The molecule has 0 atom stereocenters. The summed E-state index contributed by atoms with van der Waals surface area (Å²) in [6.45, 7) is 3.41. The van der Waals surface area contributed by atoms with E-state index < -0.39 is 49.9 Å². The van der Waals surface area contributed by atoms with Crippen LogP contribution in [0.1, 0.15) is 25.2 Å². The highest BCUT2D eigenvalue weighted by Gasteiger charge is 2.30. The summed E-state index contributed by atoms with van der Waals surface area (Å²) in [6.07, 6.45) is 0. The molecule has 0 aliphatic rings. The first kappa shape index (κ1) is 25.4. The quantitative estimate of drug-likeness (QED) is 0.165. The van der Waals surface area contributed by atoms with Gasteiger partial charge in [0.2, 0.25) is 23.3 Å². The van der Waals surface area contributed by atoms with Gasteiger partial charge in [-0.05, 0) is 62.4 Å². The summed E-state index contributed by atoms with van der Waals surface area (Å²) in [5.41, 5.74) is -3.48. The fourth-order valence-electron chi connectivity index (χ4n) is 3.81. The summed E-state index contributed by atoms with van der Waals surface area (Å²) in [4.78, 5) is 28.7. The minimum atomic E-state index is -1.37. The first-order chi connectivity index (χ1) is 17.4. The second-order valence-corrected chi connectivity index (χ2v) is 8.47. The lowest BCUT2D eigenvalue weighted by molar-refractivity contribution is -0.390. The first-order valence-corrected chi connectivity index (χ1v) is 10.6. The lowest BCUT2D eigenvalue weighted by Crippen LogP contribution is -2.22. The summed E-state index contributed by atoms with van der Waals surface area (Å²) in [7, 11) is 0. The van der Waals surface area contributed by atoms with Crippen molar-refractivity contribution in [2.24, 2.45) is 0 Å². The predicted octanol–water partition coefficient (Wildman–Crippen LogP) is 6.51. The molecule has 37 heavy (non-hydrogen) atoms. The lowest BCUT2D eigenvalue weighted by Gasteiger charge is -2.25. The third-order valence-electron chi connectivity index (χ3n) is 5.83. The van der Waals surface area contributed by atoms with Crippen LogP contribution in [0.3, 0.4) is 0 Å². The smallest absolute Gasteiger partial charge is 0.258 e. The molecule has 12 heteroatoms. The van der Waals surface area contributed by atoms with Crippen molar-refractivity contribution in [3.63, 3.8) is 0 Å². The lowest BCUT2D eigenvalue weighted by atomic mass is 9.84. The van der Waals surface area contributed by atoms with E-state index >= 15 is 0 Å². The van der Waals surface area contributed by atoms with E-state index in [-0.39, 0.29) is 22.5 Å². The molecule has 0 saturated carbocycles.